The van der Waals surface area contributed by atoms with E-state index in [4.69, 9.17) is 0 Å². The monoisotopic (exact) mass is 329 g/mol. The summed E-state index contributed by atoms with van der Waals surface area (Å²) in [4.78, 5) is 2.00. The Balaban J connectivity index is 1.87. The molecule has 1 aromatic rings. The number of nitrogens with zero attached hydrogens (tertiary/aromatic N) is 1. The second-order valence-corrected chi connectivity index (χ2v) is 6.60. The van der Waals surface area contributed by atoms with E-state index < -0.39 is 5.92 Å². The first-order valence-corrected chi connectivity index (χ1v) is 7.75. The van der Waals surface area contributed by atoms with Gasteiger partial charge in [0.05, 0.1) is 6.54 Å². The zero-order valence-electron chi connectivity index (χ0n) is 10.8. The van der Waals surface area contributed by atoms with Gasteiger partial charge in [-0.05, 0) is 55.5 Å². The highest BCUT2D eigenvalue weighted by molar-refractivity contribution is 9.10. The Kier molecular flexibility index (Phi) is 3.65. The van der Waals surface area contributed by atoms with Crippen molar-refractivity contribution in [3.8, 4) is 0 Å². The summed E-state index contributed by atoms with van der Waals surface area (Å²) in [6.07, 6.45) is 3.81. The van der Waals surface area contributed by atoms with Crippen LogP contribution >= 0.6 is 15.9 Å². The number of fused-ring (bicyclic) bond motifs is 1. The molecule has 4 heteroatoms. The van der Waals surface area contributed by atoms with Crippen LogP contribution < -0.4 is 0 Å². The van der Waals surface area contributed by atoms with E-state index in [1.165, 1.54) is 11.1 Å². The average molecular weight is 330 g/mol. The fraction of sp³-hybridized carbons (Fsp3) is 0.600. The van der Waals surface area contributed by atoms with Gasteiger partial charge in [-0.3, -0.25) is 4.90 Å². The summed E-state index contributed by atoms with van der Waals surface area (Å²) in [5.74, 6) is -2.51. The normalized spacial score (nSPS) is 27.0. The van der Waals surface area contributed by atoms with Crippen molar-refractivity contribution >= 4 is 15.9 Å². The maximum Gasteiger partial charge on any atom is 0.260 e. The highest BCUT2D eigenvalue weighted by Gasteiger charge is 2.38. The molecule has 0 aromatic heterocycles. The number of likely N-dealkylation sites (tertiary alicyclic amines) is 1. The van der Waals surface area contributed by atoms with Gasteiger partial charge in [-0.15, -0.1) is 0 Å². The number of rotatable bonds is 1. The summed E-state index contributed by atoms with van der Waals surface area (Å²) < 4.78 is 28.3. The van der Waals surface area contributed by atoms with E-state index in [2.05, 4.69) is 28.1 Å². The largest absolute Gasteiger partial charge is 0.290 e. The molecule has 104 valence electrons. The molecule has 0 N–H and O–H groups in total. The molecule has 1 heterocycles. The van der Waals surface area contributed by atoms with Crippen LogP contribution in [0.5, 0.6) is 0 Å². The Bertz CT molecular complexity index is 475. The van der Waals surface area contributed by atoms with Crippen molar-refractivity contribution < 1.29 is 8.78 Å². The third-order valence-corrected chi connectivity index (χ3v) is 4.74. The minimum Gasteiger partial charge on any atom is -0.290 e. The van der Waals surface area contributed by atoms with Gasteiger partial charge in [-0.25, -0.2) is 8.78 Å². The molecule has 1 aliphatic carbocycles. The molecule has 0 saturated carbocycles. The number of hydrogen-bond acceptors (Lipinski definition) is 1. The molecule has 0 radical (unpaired) electrons. The first-order valence-electron chi connectivity index (χ1n) is 6.95. The van der Waals surface area contributed by atoms with E-state index in [1.54, 1.807) is 0 Å². The Morgan fingerprint density at radius 2 is 2.11 bits per heavy atom. The number of aryl methyl sites for hydroxylation is 1. The van der Waals surface area contributed by atoms with Gasteiger partial charge in [0, 0.05) is 16.9 Å². The number of alkyl halides is 2. The topological polar surface area (TPSA) is 3.24 Å². The van der Waals surface area contributed by atoms with Crippen LogP contribution in [0.2, 0.25) is 0 Å². The molecule has 19 heavy (non-hydrogen) atoms. The fourth-order valence-corrected chi connectivity index (χ4v) is 3.81. The average Bonchev–Trinajstić information content (AvgIpc) is 2.36. The van der Waals surface area contributed by atoms with Crippen LogP contribution in [0.4, 0.5) is 8.78 Å². The summed E-state index contributed by atoms with van der Waals surface area (Å²) in [7, 11) is 0. The van der Waals surface area contributed by atoms with Crippen LogP contribution in [0.1, 0.15) is 42.9 Å². The Morgan fingerprint density at radius 1 is 1.26 bits per heavy atom. The molecule has 3 rings (SSSR count). The lowest BCUT2D eigenvalue weighted by atomic mass is 9.86. The highest BCUT2D eigenvalue weighted by atomic mass is 79.9. The Labute approximate surface area is 121 Å². The Morgan fingerprint density at radius 3 is 2.89 bits per heavy atom. The van der Waals surface area contributed by atoms with Gasteiger partial charge in [0.25, 0.3) is 5.92 Å². The second-order valence-electron chi connectivity index (χ2n) is 5.68. The van der Waals surface area contributed by atoms with Crippen molar-refractivity contribution in [2.45, 2.75) is 44.1 Å². The lowest BCUT2D eigenvalue weighted by molar-refractivity contribution is -0.0771. The van der Waals surface area contributed by atoms with Crippen molar-refractivity contribution in [3.63, 3.8) is 0 Å². The van der Waals surface area contributed by atoms with Crippen LogP contribution in [0, 0.1) is 0 Å². The van der Waals surface area contributed by atoms with Gasteiger partial charge in [0.2, 0.25) is 0 Å². The third kappa shape index (κ3) is 2.84. The molecule has 0 amide bonds. The Hall–Kier alpha value is -0.480. The number of piperidine rings is 1. The lowest BCUT2D eigenvalue weighted by Gasteiger charge is -2.40. The van der Waals surface area contributed by atoms with Gasteiger partial charge in [0.15, 0.2) is 0 Å². The molecule has 0 spiro atoms. The molecular weight excluding hydrogens is 312 g/mol. The fourth-order valence-electron chi connectivity index (χ4n) is 3.40. The number of hydrogen-bond donors (Lipinski definition) is 0. The smallest absolute Gasteiger partial charge is 0.260 e. The van der Waals surface area contributed by atoms with Crippen LogP contribution in [-0.2, 0) is 6.42 Å². The zero-order valence-corrected chi connectivity index (χ0v) is 12.4. The van der Waals surface area contributed by atoms with E-state index in [-0.39, 0.29) is 19.0 Å². The predicted octanol–water partition coefficient (Wildman–Crippen LogP) is 4.56. The van der Waals surface area contributed by atoms with Gasteiger partial charge in [-0.1, -0.05) is 22.0 Å². The van der Waals surface area contributed by atoms with Crippen LogP contribution in [0.25, 0.3) is 0 Å². The van der Waals surface area contributed by atoms with Gasteiger partial charge in [0.1, 0.15) is 0 Å². The van der Waals surface area contributed by atoms with Crippen molar-refractivity contribution in [3.05, 3.63) is 33.8 Å². The van der Waals surface area contributed by atoms with Crippen molar-refractivity contribution in [2.75, 3.05) is 13.1 Å². The van der Waals surface area contributed by atoms with E-state index in [0.717, 1.165) is 30.3 Å². The van der Waals surface area contributed by atoms with Crippen LogP contribution in [0.3, 0.4) is 0 Å². The first kappa shape index (κ1) is 13.5. The number of benzene rings is 1. The predicted molar refractivity (Wildman–Crippen MR) is 75.6 cm³/mol. The van der Waals surface area contributed by atoms with Crippen LogP contribution in [-0.4, -0.2) is 23.9 Å². The molecule has 1 saturated heterocycles. The quantitative estimate of drug-likeness (QED) is 0.730. The van der Waals surface area contributed by atoms with Crippen molar-refractivity contribution in [1.29, 1.82) is 0 Å². The maximum absolute atomic E-state index is 13.6. The van der Waals surface area contributed by atoms with E-state index in [0.29, 0.717) is 6.42 Å². The second kappa shape index (κ2) is 5.13. The van der Waals surface area contributed by atoms with E-state index in [9.17, 15) is 8.78 Å². The summed E-state index contributed by atoms with van der Waals surface area (Å²) in [6, 6.07) is 6.46. The minimum absolute atomic E-state index is 0.0451. The zero-order chi connectivity index (χ0) is 13.5. The van der Waals surface area contributed by atoms with Gasteiger partial charge >= 0.3 is 0 Å². The molecular formula is C15H18BrF2N. The van der Waals surface area contributed by atoms with E-state index in [1.807, 2.05) is 11.0 Å². The summed E-state index contributed by atoms with van der Waals surface area (Å²) in [6.45, 7) is 0.725. The van der Waals surface area contributed by atoms with Crippen molar-refractivity contribution in [1.82, 2.24) is 4.90 Å². The summed E-state index contributed by atoms with van der Waals surface area (Å²) >= 11 is 3.49. The molecule has 0 bridgehead atoms. The standard InChI is InChI=1S/C15H18BrF2N/c16-12-5-6-13-11(9-12)3-1-4-14(13)19-8-2-7-15(17,18)10-19/h5-6,9,14H,1-4,7-8,10H2. The molecule has 1 nitrogen and oxygen atoms in total. The SMILES string of the molecule is FC1(F)CCCN(C2CCCc3cc(Br)ccc32)C1. The molecule has 1 atom stereocenters. The highest BCUT2D eigenvalue weighted by Crippen LogP contribution is 2.39. The maximum atomic E-state index is 13.6. The first-order chi connectivity index (χ1) is 9.05. The van der Waals surface area contributed by atoms with Crippen molar-refractivity contribution in [2.24, 2.45) is 0 Å². The lowest BCUT2D eigenvalue weighted by Crippen LogP contribution is -2.45. The van der Waals surface area contributed by atoms with Crippen LogP contribution in [0.15, 0.2) is 22.7 Å². The molecule has 1 aromatic carbocycles. The third-order valence-electron chi connectivity index (χ3n) is 4.25. The molecule has 1 aliphatic heterocycles. The minimum atomic E-state index is -2.51. The van der Waals surface area contributed by atoms with Gasteiger partial charge in [-0.2, -0.15) is 0 Å². The molecule has 2 aliphatic rings. The summed E-state index contributed by atoms with van der Waals surface area (Å²) in [5.41, 5.74) is 2.58. The molecule has 1 unspecified atom stereocenters. The molecule has 1 fully saturated rings. The summed E-state index contributed by atoms with van der Waals surface area (Å²) in [5, 5.41) is 0. The van der Waals surface area contributed by atoms with Gasteiger partial charge < -0.3 is 0 Å². The van der Waals surface area contributed by atoms with E-state index >= 15 is 0 Å². The number of halogens is 3.